The van der Waals surface area contributed by atoms with Crippen LogP contribution in [0.5, 0.6) is 0 Å². The Bertz CT molecular complexity index is 366. The topological polar surface area (TPSA) is 26.0 Å². The molecular weight excluding hydrogens is 262 g/mol. The molecular formula is C10H10Cl2F3N. The summed E-state index contributed by atoms with van der Waals surface area (Å²) < 4.78 is 36.4. The van der Waals surface area contributed by atoms with Gasteiger partial charge in [-0.05, 0) is 24.5 Å². The molecule has 0 aliphatic rings. The first-order chi connectivity index (χ1) is 7.32. The summed E-state index contributed by atoms with van der Waals surface area (Å²) in [6.45, 7) is 0. The van der Waals surface area contributed by atoms with E-state index in [4.69, 9.17) is 28.9 Å². The molecule has 0 aliphatic carbocycles. The van der Waals surface area contributed by atoms with Gasteiger partial charge in [0.1, 0.15) is 6.04 Å². The van der Waals surface area contributed by atoms with Gasteiger partial charge in [-0.25, -0.2) is 0 Å². The largest absolute Gasteiger partial charge is 0.403 e. The summed E-state index contributed by atoms with van der Waals surface area (Å²) in [6.07, 6.45) is -4.42. The molecule has 0 heterocycles. The minimum Gasteiger partial charge on any atom is -0.320 e. The third-order valence-electron chi connectivity index (χ3n) is 2.18. The van der Waals surface area contributed by atoms with Crippen LogP contribution in [0.4, 0.5) is 13.2 Å². The molecule has 1 unspecified atom stereocenters. The highest BCUT2D eigenvalue weighted by molar-refractivity contribution is 6.42. The van der Waals surface area contributed by atoms with E-state index in [2.05, 4.69) is 0 Å². The molecule has 0 saturated carbocycles. The highest BCUT2D eigenvalue weighted by Gasteiger charge is 2.36. The van der Waals surface area contributed by atoms with Gasteiger partial charge in [0.05, 0.1) is 10.0 Å². The van der Waals surface area contributed by atoms with E-state index in [9.17, 15) is 13.2 Å². The Labute approximate surface area is 101 Å². The molecule has 0 aromatic heterocycles. The maximum Gasteiger partial charge on any atom is 0.403 e. The summed E-state index contributed by atoms with van der Waals surface area (Å²) in [7, 11) is 0. The number of benzene rings is 1. The van der Waals surface area contributed by atoms with E-state index in [1.54, 1.807) is 18.2 Å². The molecule has 0 saturated heterocycles. The van der Waals surface area contributed by atoms with Gasteiger partial charge in [0.2, 0.25) is 0 Å². The number of nitrogens with two attached hydrogens (primary N) is 1. The van der Waals surface area contributed by atoms with Crippen LogP contribution in [-0.2, 0) is 6.42 Å². The first kappa shape index (κ1) is 13.6. The van der Waals surface area contributed by atoms with E-state index in [-0.39, 0.29) is 12.8 Å². The van der Waals surface area contributed by atoms with Crippen LogP contribution in [0.25, 0.3) is 0 Å². The van der Waals surface area contributed by atoms with Crippen molar-refractivity contribution in [3.63, 3.8) is 0 Å². The predicted molar refractivity (Wildman–Crippen MR) is 58.8 cm³/mol. The van der Waals surface area contributed by atoms with Crippen LogP contribution in [0.1, 0.15) is 12.0 Å². The SMILES string of the molecule is NC(CCc1cccc(Cl)c1Cl)C(F)(F)F. The van der Waals surface area contributed by atoms with Gasteiger partial charge in [0.15, 0.2) is 0 Å². The molecule has 1 rings (SSSR count). The van der Waals surface area contributed by atoms with E-state index in [1.165, 1.54) is 0 Å². The lowest BCUT2D eigenvalue weighted by molar-refractivity contribution is -0.148. The van der Waals surface area contributed by atoms with Crippen molar-refractivity contribution in [1.82, 2.24) is 0 Å². The lowest BCUT2D eigenvalue weighted by atomic mass is 10.1. The Kier molecular flexibility index (Phi) is 4.47. The van der Waals surface area contributed by atoms with Crippen molar-refractivity contribution in [2.45, 2.75) is 25.1 Å². The monoisotopic (exact) mass is 271 g/mol. The minimum absolute atomic E-state index is 0.153. The normalized spacial score (nSPS) is 13.9. The number of rotatable bonds is 3. The molecule has 0 bridgehead atoms. The zero-order valence-corrected chi connectivity index (χ0v) is 9.70. The molecule has 0 amide bonds. The second-order valence-electron chi connectivity index (χ2n) is 3.40. The van der Waals surface area contributed by atoms with Crippen molar-refractivity contribution in [3.8, 4) is 0 Å². The van der Waals surface area contributed by atoms with Crippen molar-refractivity contribution >= 4 is 23.2 Å². The number of aryl methyl sites for hydroxylation is 1. The molecule has 1 aromatic rings. The molecule has 90 valence electrons. The van der Waals surface area contributed by atoms with Crippen LogP contribution in [0.3, 0.4) is 0 Å². The van der Waals surface area contributed by atoms with Crippen molar-refractivity contribution in [2.24, 2.45) is 5.73 Å². The van der Waals surface area contributed by atoms with Gasteiger partial charge in [-0.2, -0.15) is 13.2 Å². The standard InChI is InChI=1S/C10H10Cl2F3N/c11-7-3-1-2-6(9(7)12)4-5-8(16)10(13,14)15/h1-3,8H,4-5,16H2. The Hall–Kier alpha value is -0.450. The van der Waals surface area contributed by atoms with Crippen LogP contribution in [0, 0.1) is 0 Å². The second-order valence-corrected chi connectivity index (χ2v) is 4.18. The summed E-state index contributed by atoms with van der Waals surface area (Å²) in [5.74, 6) is 0. The van der Waals surface area contributed by atoms with Crippen molar-refractivity contribution < 1.29 is 13.2 Å². The fraction of sp³-hybridized carbons (Fsp3) is 0.400. The quantitative estimate of drug-likeness (QED) is 0.889. The molecule has 6 heteroatoms. The Morgan fingerprint density at radius 3 is 2.44 bits per heavy atom. The molecule has 0 fully saturated rings. The van der Waals surface area contributed by atoms with Gasteiger partial charge in [0, 0.05) is 0 Å². The Balaban J connectivity index is 2.65. The van der Waals surface area contributed by atoms with Crippen molar-refractivity contribution in [3.05, 3.63) is 33.8 Å². The molecule has 0 aliphatic heterocycles. The molecule has 0 spiro atoms. The number of hydrogen-bond donors (Lipinski definition) is 1. The van der Waals surface area contributed by atoms with E-state index < -0.39 is 12.2 Å². The van der Waals surface area contributed by atoms with Crippen molar-refractivity contribution in [2.75, 3.05) is 0 Å². The van der Waals surface area contributed by atoms with E-state index >= 15 is 0 Å². The lowest BCUT2D eigenvalue weighted by Crippen LogP contribution is -2.37. The molecule has 1 atom stereocenters. The van der Waals surface area contributed by atoms with Crippen LogP contribution in [0.2, 0.25) is 10.0 Å². The second kappa shape index (κ2) is 5.25. The van der Waals surface area contributed by atoms with Gasteiger partial charge >= 0.3 is 6.18 Å². The van der Waals surface area contributed by atoms with Gasteiger partial charge in [-0.15, -0.1) is 0 Å². The smallest absolute Gasteiger partial charge is 0.320 e. The fourth-order valence-corrected chi connectivity index (χ4v) is 1.63. The molecule has 16 heavy (non-hydrogen) atoms. The van der Waals surface area contributed by atoms with E-state index in [0.29, 0.717) is 15.6 Å². The first-order valence-corrected chi connectivity index (χ1v) is 5.33. The van der Waals surface area contributed by atoms with Crippen molar-refractivity contribution in [1.29, 1.82) is 0 Å². The Morgan fingerprint density at radius 1 is 1.25 bits per heavy atom. The highest BCUT2D eigenvalue weighted by atomic mass is 35.5. The predicted octanol–water partition coefficient (Wildman–Crippen LogP) is 3.82. The maximum atomic E-state index is 12.1. The lowest BCUT2D eigenvalue weighted by Gasteiger charge is -2.15. The molecule has 0 radical (unpaired) electrons. The maximum absolute atomic E-state index is 12.1. The third kappa shape index (κ3) is 3.54. The van der Waals surface area contributed by atoms with Gasteiger partial charge in [-0.3, -0.25) is 0 Å². The summed E-state index contributed by atoms with van der Waals surface area (Å²) in [4.78, 5) is 0. The van der Waals surface area contributed by atoms with Gasteiger partial charge in [0.25, 0.3) is 0 Å². The molecule has 1 nitrogen and oxygen atoms in total. The van der Waals surface area contributed by atoms with Gasteiger partial charge in [-0.1, -0.05) is 35.3 Å². The summed E-state index contributed by atoms with van der Waals surface area (Å²) in [5.41, 5.74) is 5.56. The highest BCUT2D eigenvalue weighted by Crippen LogP contribution is 2.28. The van der Waals surface area contributed by atoms with Crippen LogP contribution < -0.4 is 5.73 Å². The van der Waals surface area contributed by atoms with E-state index in [1.807, 2.05) is 0 Å². The van der Waals surface area contributed by atoms with Gasteiger partial charge < -0.3 is 5.73 Å². The van der Waals surface area contributed by atoms with Crippen LogP contribution >= 0.6 is 23.2 Å². The number of hydrogen-bond acceptors (Lipinski definition) is 1. The van der Waals surface area contributed by atoms with Crippen LogP contribution in [0.15, 0.2) is 18.2 Å². The zero-order valence-electron chi connectivity index (χ0n) is 8.19. The first-order valence-electron chi connectivity index (χ1n) is 4.57. The molecule has 1 aromatic carbocycles. The number of alkyl halides is 3. The van der Waals surface area contributed by atoms with E-state index in [0.717, 1.165) is 0 Å². The Morgan fingerprint density at radius 2 is 1.88 bits per heavy atom. The average molecular weight is 272 g/mol. The summed E-state index contributed by atoms with van der Waals surface area (Å²) >= 11 is 11.6. The third-order valence-corrected chi connectivity index (χ3v) is 3.03. The number of halogens is 5. The summed E-state index contributed by atoms with van der Waals surface area (Å²) in [6, 6.07) is 3.03. The van der Waals surface area contributed by atoms with Crippen LogP contribution in [-0.4, -0.2) is 12.2 Å². The fourth-order valence-electron chi connectivity index (χ4n) is 1.22. The molecule has 2 N–H and O–H groups in total. The zero-order chi connectivity index (χ0) is 12.3. The average Bonchev–Trinajstić information content (AvgIpc) is 2.18. The minimum atomic E-state index is -4.37. The summed E-state index contributed by atoms with van der Waals surface area (Å²) in [5, 5.41) is 0.623.